The summed E-state index contributed by atoms with van der Waals surface area (Å²) in [5.41, 5.74) is 2.20. The molecule has 0 bridgehead atoms. The molecular weight excluding hydrogens is 302 g/mol. The maximum atomic E-state index is 11.7. The van der Waals surface area contributed by atoms with Crippen molar-refractivity contribution in [3.8, 4) is 6.07 Å². The number of carbonyl (C=O) groups excluding carboxylic acids is 1. The maximum Gasteiger partial charge on any atom is 0.245 e. The van der Waals surface area contributed by atoms with E-state index >= 15 is 0 Å². The third-order valence-corrected chi connectivity index (χ3v) is 4.96. The average molecular weight is 319 g/mol. The minimum Gasteiger partial charge on any atom is -0.355 e. The van der Waals surface area contributed by atoms with E-state index in [1.807, 2.05) is 17.0 Å². The molecule has 2 saturated heterocycles. The van der Waals surface area contributed by atoms with Crippen LogP contribution in [0.4, 0.5) is 5.82 Å². The SMILES string of the molecule is C=CC(=O)N1CC2(CCN(c3nc4cccnc4cc3C#N)C2)C1. The second-order valence-corrected chi connectivity index (χ2v) is 6.58. The molecular formula is C18H17N5O. The molecule has 1 spiro atoms. The zero-order valence-electron chi connectivity index (χ0n) is 13.3. The van der Waals surface area contributed by atoms with Gasteiger partial charge < -0.3 is 9.80 Å². The Morgan fingerprint density at radius 3 is 2.96 bits per heavy atom. The molecule has 0 unspecified atom stereocenters. The fraction of sp³-hybridized carbons (Fsp3) is 0.333. The Morgan fingerprint density at radius 1 is 1.38 bits per heavy atom. The van der Waals surface area contributed by atoms with Crippen LogP contribution in [0.3, 0.4) is 0 Å². The summed E-state index contributed by atoms with van der Waals surface area (Å²) in [6, 6.07) is 7.80. The van der Waals surface area contributed by atoms with Gasteiger partial charge in [-0.3, -0.25) is 9.78 Å². The van der Waals surface area contributed by atoms with Gasteiger partial charge in [-0.05, 0) is 30.7 Å². The molecule has 2 aromatic rings. The van der Waals surface area contributed by atoms with Crippen LogP contribution in [-0.4, -0.2) is 47.0 Å². The van der Waals surface area contributed by atoms with Gasteiger partial charge in [0.15, 0.2) is 0 Å². The van der Waals surface area contributed by atoms with E-state index in [9.17, 15) is 10.1 Å². The molecule has 2 aromatic heterocycles. The number of carbonyl (C=O) groups is 1. The lowest BCUT2D eigenvalue weighted by Crippen LogP contribution is -2.59. The van der Waals surface area contributed by atoms with Crippen LogP contribution in [0.5, 0.6) is 0 Å². The monoisotopic (exact) mass is 319 g/mol. The van der Waals surface area contributed by atoms with Gasteiger partial charge in [0.05, 0.1) is 16.6 Å². The van der Waals surface area contributed by atoms with Crippen LogP contribution in [0, 0.1) is 16.7 Å². The van der Waals surface area contributed by atoms with E-state index in [4.69, 9.17) is 0 Å². The molecule has 0 radical (unpaired) electrons. The highest BCUT2D eigenvalue weighted by Gasteiger charge is 2.49. The van der Waals surface area contributed by atoms with E-state index in [1.54, 1.807) is 12.3 Å². The first-order valence-corrected chi connectivity index (χ1v) is 7.96. The van der Waals surface area contributed by atoms with Crippen molar-refractivity contribution in [2.24, 2.45) is 5.41 Å². The van der Waals surface area contributed by atoms with Crippen molar-refractivity contribution in [3.05, 3.63) is 42.6 Å². The number of anilines is 1. The first-order chi connectivity index (χ1) is 11.6. The summed E-state index contributed by atoms with van der Waals surface area (Å²) < 4.78 is 0. The molecule has 2 fully saturated rings. The van der Waals surface area contributed by atoms with Gasteiger partial charge in [0.25, 0.3) is 0 Å². The van der Waals surface area contributed by atoms with E-state index < -0.39 is 0 Å². The van der Waals surface area contributed by atoms with Crippen molar-refractivity contribution in [1.82, 2.24) is 14.9 Å². The molecule has 0 aliphatic carbocycles. The molecule has 0 N–H and O–H groups in total. The number of pyridine rings is 2. The van der Waals surface area contributed by atoms with Gasteiger partial charge in [-0.25, -0.2) is 4.98 Å². The van der Waals surface area contributed by atoms with Crippen molar-refractivity contribution in [1.29, 1.82) is 5.26 Å². The second kappa shape index (κ2) is 5.31. The lowest BCUT2D eigenvalue weighted by molar-refractivity contribution is -0.136. The first-order valence-electron chi connectivity index (χ1n) is 7.96. The first kappa shape index (κ1) is 14.6. The fourth-order valence-corrected chi connectivity index (χ4v) is 3.74. The lowest BCUT2D eigenvalue weighted by Gasteiger charge is -2.47. The molecule has 1 amide bonds. The Bertz CT molecular complexity index is 879. The Kier molecular flexibility index (Phi) is 3.24. The van der Waals surface area contributed by atoms with Crippen LogP contribution in [0.15, 0.2) is 37.1 Å². The average Bonchev–Trinajstić information content (AvgIpc) is 3.04. The van der Waals surface area contributed by atoms with E-state index in [-0.39, 0.29) is 11.3 Å². The van der Waals surface area contributed by atoms with Gasteiger partial charge in [0.1, 0.15) is 11.9 Å². The van der Waals surface area contributed by atoms with E-state index in [0.29, 0.717) is 5.56 Å². The smallest absolute Gasteiger partial charge is 0.245 e. The largest absolute Gasteiger partial charge is 0.355 e. The van der Waals surface area contributed by atoms with Gasteiger partial charge in [0, 0.05) is 37.8 Å². The number of hydrogen-bond donors (Lipinski definition) is 0. The van der Waals surface area contributed by atoms with Crippen LogP contribution in [-0.2, 0) is 4.79 Å². The minimum atomic E-state index is -0.00769. The quantitative estimate of drug-likeness (QED) is 0.788. The van der Waals surface area contributed by atoms with Gasteiger partial charge in [-0.1, -0.05) is 6.58 Å². The predicted octanol–water partition coefficient (Wildman–Crippen LogP) is 1.73. The molecule has 6 heteroatoms. The Labute approximate surface area is 140 Å². The molecule has 0 saturated carbocycles. The molecule has 2 aliphatic heterocycles. The highest BCUT2D eigenvalue weighted by molar-refractivity contribution is 5.88. The van der Waals surface area contributed by atoms with Crippen LogP contribution in [0.25, 0.3) is 11.0 Å². The lowest BCUT2D eigenvalue weighted by atomic mass is 9.79. The predicted molar refractivity (Wildman–Crippen MR) is 90.3 cm³/mol. The van der Waals surface area contributed by atoms with Crippen molar-refractivity contribution in [3.63, 3.8) is 0 Å². The summed E-state index contributed by atoms with van der Waals surface area (Å²) in [6.07, 6.45) is 4.08. The standard InChI is InChI=1S/C18H17N5O/c1-2-16(24)23-11-18(12-23)5-7-22(10-18)17-13(9-19)8-15-14(21-17)4-3-6-20-15/h2-4,6,8H,1,5,7,10-12H2. The molecule has 4 rings (SSSR count). The Morgan fingerprint density at radius 2 is 2.21 bits per heavy atom. The minimum absolute atomic E-state index is 0.00769. The number of amides is 1. The van der Waals surface area contributed by atoms with Crippen molar-refractivity contribution in [2.75, 3.05) is 31.1 Å². The number of rotatable bonds is 2. The van der Waals surface area contributed by atoms with Gasteiger partial charge >= 0.3 is 0 Å². The maximum absolute atomic E-state index is 11.7. The summed E-state index contributed by atoms with van der Waals surface area (Å²) in [7, 11) is 0. The van der Waals surface area contributed by atoms with Gasteiger partial charge in [-0.15, -0.1) is 0 Å². The zero-order chi connectivity index (χ0) is 16.7. The fourth-order valence-electron chi connectivity index (χ4n) is 3.74. The molecule has 6 nitrogen and oxygen atoms in total. The molecule has 0 atom stereocenters. The molecule has 0 aromatic carbocycles. The third-order valence-electron chi connectivity index (χ3n) is 4.96. The zero-order valence-corrected chi connectivity index (χ0v) is 13.3. The molecule has 4 heterocycles. The topological polar surface area (TPSA) is 73.1 Å². The summed E-state index contributed by atoms with van der Waals surface area (Å²) in [5.74, 6) is 0.718. The normalized spacial score (nSPS) is 18.5. The summed E-state index contributed by atoms with van der Waals surface area (Å²) >= 11 is 0. The number of fused-ring (bicyclic) bond motifs is 1. The summed E-state index contributed by atoms with van der Waals surface area (Å²) in [6.45, 7) is 6.72. The molecule has 2 aliphatic rings. The number of aromatic nitrogens is 2. The highest BCUT2D eigenvalue weighted by Crippen LogP contribution is 2.41. The van der Waals surface area contributed by atoms with Crippen LogP contribution >= 0.6 is 0 Å². The van der Waals surface area contributed by atoms with Crippen LogP contribution in [0.2, 0.25) is 0 Å². The van der Waals surface area contributed by atoms with E-state index in [0.717, 1.165) is 49.5 Å². The third kappa shape index (κ3) is 2.21. The van der Waals surface area contributed by atoms with Crippen molar-refractivity contribution >= 4 is 22.8 Å². The number of likely N-dealkylation sites (tertiary alicyclic amines) is 1. The van der Waals surface area contributed by atoms with Crippen molar-refractivity contribution in [2.45, 2.75) is 6.42 Å². The second-order valence-electron chi connectivity index (χ2n) is 6.58. The number of hydrogen-bond acceptors (Lipinski definition) is 5. The number of nitriles is 1. The van der Waals surface area contributed by atoms with Gasteiger partial charge in [-0.2, -0.15) is 5.26 Å². The van der Waals surface area contributed by atoms with Crippen LogP contribution < -0.4 is 4.90 Å². The summed E-state index contributed by atoms with van der Waals surface area (Å²) in [5, 5.41) is 9.48. The van der Waals surface area contributed by atoms with Gasteiger partial charge in [0.2, 0.25) is 5.91 Å². The Hall–Kier alpha value is -2.94. The highest BCUT2D eigenvalue weighted by atomic mass is 16.2. The number of nitrogens with zero attached hydrogens (tertiary/aromatic N) is 5. The molecule has 24 heavy (non-hydrogen) atoms. The Balaban J connectivity index is 1.60. The van der Waals surface area contributed by atoms with E-state index in [2.05, 4.69) is 27.5 Å². The summed E-state index contributed by atoms with van der Waals surface area (Å²) in [4.78, 5) is 24.6. The van der Waals surface area contributed by atoms with Crippen molar-refractivity contribution < 1.29 is 4.79 Å². The molecule has 120 valence electrons. The van der Waals surface area contributed by atoms with Crippen LogP contribution in [0.1, 0.15) is 12.0 Å². The van der Waals surface area contributed by atoms with E-state index in [1.165, 1.54) is 6.08 Å².